The average Bonchev–Trinajstić information content (AvgIpc) is 3.18. The van der Waals surface area contributed by atoms with Gasteiger partial charge in [-0.2, -0.15) is 13.2 Å². The SMILES string of the molecule is O=C1NC2(C(=O)NCc3nc(C(F)(F)F)n[nH]3)CC3CC1C2C3. The van der Waals surface area contributed by atoms with E-state index in [1.807, 2.05) is 0 Å². The quantitative estimate of drug-likeness (QED) is 0.745. The number of hydrogen-bond donors (Lipinski definition) is 3. The van der Waals surface area contributed by atoms with Crippen LogP contribution in [0.4, 0.5) is 13.2 Å². The van der Waals surface area contributed by atoms with Crippen LogP contribution in [0.5, 0.6) is 0 Å². The maximum atomic E-state index is 12.5. The van der Waals surface area contributed by atoms with Crippen molar-refractivity contribution >= 4 is 11.8 Å². The summed E-state index contributed by atoms with van der Waals surface area (Å²) in [4.78, 5) is 27.8. The van der Waals surface area contributed by atoms with Gasteiger partial charge in [-0.25, -0.2) is 4.98 Å². The lowest BCUT2D eigenvalue weighted by Gasteiger charge is -2.30. The molecule has 4 rings (SSSR count). The lowest BCUT2D eigenvalue weighted by atomic mass is 9.78. The summed E-state index contributed by atoms with van der Waals surface area (Å²) in [6, 6.07) is 0. The molecule has 1 aromatic heterocycles. The molecule has 2 aliphatic carbocycles. The number of amides is 2. The number of nitrogens with one attached hydrogen (secondary N) is 3. The van der Waals surface area contributed by atoms with Gasteiger partial charge in [0.25, 0.3) is 5.82 Å². The van der Waals surface area contributed by atoms with Gasteiger partial charge in [0.15, 0.2) is 0 Å². The summed E-state index contributed by atoms with van der Waals surface area (Å²) in [7, 11) is 0. The number of rotatable bonds is 3. The first kappa shape index (κ1) is 14.5. The second-order valence-corrected chi connectivity index (χ2v) is 6.50. The maximum absolute atomic E-state index is 12.5. The molecule has 0 radical (unpaired) electrons. The van der Waals surface area contributed by atoms with Crippen LogP contribution in [0.1, 0.15) is 30.9 Å². The smallest absolute Gasteiger partial charge is 0.347 e. The average molecular weight is 329 g/mol. The fourth-order valence-corrected chi connectivity index (χ4v) is 4.35. The van der Waals surface area contributed by atoms with Gasteiger partial charge in [0.2, 0.25) is 11.8 Å². The normalized spacial score (nSPS) is 34.7. The zero-order chi connectivity index (χ0) is 16.4. The fraction of sp³-hybridized carbons (Fsp3) is 0.692. The molecule has 4 unspecified atom stereocenters. The number of hydrogen-bond acceptors (Lipinski definition) is 4. The van der Waals surface area contributed by atoms with Crippen molar-refractivity contribution in [3.05, 3.63) is 11.6 Å². The zero-order valence-corrected chi connectivity index (χ0v) is 11.9. The van der Waals surface area contributed by atoms with Gasteiger partial charge < -0.3 is 10.6 Å². The van der Waals surface area contributed by atoms with Crippen molar-refractivity contribution in [1.29, 1.82) is 0 Å². The van der Waals surface area contributed by atoms with E-state index in [1.54, 1.807) is 0 Å². The Morgan fingerprint density at radius 3 is 2.83 bits per heavy atom. The molecule has 3 fully saturated rings. The molecule has 2 saturated carbocycles. The number of H-pyrrole nitrogens is 1. The fourth-order valence-electron chi connectivity index (χ4n) is 4.35. The Bertz CT molecular complexity index is 687. The molecule has 4 atom stereocenters. The Hall–Kier alpha value is -2.13. The molecule has 2 bridgehead atoms. The number of aromatic amines is 1. The summed E-state index contributed by atoms with van der Waals surface area (Å²) in [5, 5.41) is 10.6. The third-order valence-corrected chi connectivity index (χ3v) is 5.19. The first-order chi connectivity index (χ1) is 10.8. The summed E-state index contributed by atoms with van der Waals surface area (Å²) < 4.78 is 37.3. The minimum Gasteiger partial charge on any atom is -0.347 e. The molecule has 2 heterocycles. The van der Waals surface area contributed by atoms with E-state index in [1.165, 1.54) is 0 Å². The third kappa shape index (κ3) is 2.03. The van der Waals surface area contributed by atoms with Crippen molar-refractivity contribution in [2.75, 3.05) is 0 Å². The highest BCUT2D eigenvalue weighted by Gasteiger charge is 2.66. The number of aromatic nitrogens is 3. The van der Waals surface area contributed by atoms with Crippen molar-refractivity contribution in [2.24, 2.45) is 17.8 Å². The molecular formula is C13H14F3N5O2. The second kappa shape index (κ2) is 4.45. The Balaban J connectivity index is 1.45. The number of fused-ring (bicyclic) bond motifs is 1. The Morgan fingerprint density at radius 2 is 2.17 bits per heavy atom. The van der Waals surface area contributed by atoms with Crippen LogP contribution in [-0.2, 0) is 22.3 Å². The van der Waals surface area contributed by atoms with Gasteiger partial charge in [-0.3, -0.25) is 14.7 Å². The van der Waals surface area contributed by atoms with Gasteiger partial charge in [0.05, 0.1) is 6.54 Å². The lowest BCUT2D eigenvalue weighted by Crippen LogP contribution is -2.56. The van der Waals surface area contributed by atoms with Gasteiger partial charge in [0.1, 0.15) is 11.4 Å². The lowest BCUT2D eigenvalue weighted by molar-refractivity contribution is -0.144. The Kier molecular flexibility index (Phi) is 2.80. The van der Waals surface area contributed by atoms with Crippen molar-refractivity contribution in [3.8, 4) is 0 Å². The van der Waals surface area contributed by atoms with E-state index >= 15 is 0 Å². The standard InChI is InChI=1S/C13H14F3N5O2/c14-13(15,16)10-18-8(20-21-10)4-17-11(23)12-3-5-1-6(7(12)2-5)9(22)19-12/h5-7H,1-4H2,(H,17,23)(H,19,22)(H,18,20,21). The molecule has 10 heteroatoms. The van der Waals surface area contributed by atoms with Crippen molar-refractivity contribution in [3.63, 3.8) is 0 Å². The van der Waals surface area contributed by atoms with Crippen molar-refractivity contribution in [1.82, 2.24) is 25.8 Å². The van der Waals surface area contributed by atoms with E-state index in [0.29, 0.717) is 12.3 Å². The van der Waals surface area contributed by atoms with E-state index in [-0.39, 0.29) is 36.0 Å². The minimum atomic E-state index is -4.63. The molecule has 124 valence electrons. The van der Waals surface area contributed by atoms with Crippen LogP contribution in [0.3, 0.4) is 0 Å². The molecule has 1 aromatic rings. The van der Waals surface area contributed by atoms with Gasteiger partial charge >= 0.3 is 6.18 Å². The molecule has 3 N–H and O–H groups in total. The third-order valence-electron chi connectivity index (χ3n) is 5.19. The van der Waals surface area contributed by atoms with E-state index in [9.17, 15) is 22.8 Å². The van der Waals surface area contributed by atoms with Crippen molar-refractivity contribution < 1.29 is 22.8 Å². The van der Waals surface area contributed by atoms with Gasteiger partial charge in [-0.1, -0.05) is 0 Å². The largest absolute Gasteiger partial charge is 0.453 e. The molecule has 0 aromatic carbocycles. The second-order valence-electron chi connectivity index (χ2n) is 6.50. The summed E-state index contributed by atoms with van der Waals surface area (Å²) in [5.41, 5.74) is -0.905. The van der Waals surface area contributed by atoms with Crippen LogP contribution in [-0.4, -0.2) is 32.5 Å². The van der Waals surface area contributed by atoms with E-state index in [2.05, 4.69) is 25.8 Å². The van der Waals surface area contributed by atoms with Crippen molar-refractivity contribution in [2.45, 2.75) is 37.5 Å². The first-order valence-electron chi connectivity index (χ1n) is 7.38. The number of alkyl halides is 3. The molecule has 1 aliphatic heterocycles. The molecular weight excluding hydrogens is 315 g/mol. The Morgan fingerprint density at radius 1 is 1.39 bits per heavy atom. The highest BCUT2D eigenvalue weighted by atomic mass is 19.4. The molecule has 1 saturated heterocycles. The zero-order valence-electron chi connectivity index (χ0n) is 11.9. The van der Waals surface area contributed by atoms with Crippen LogP contribution >= 0.6 is 0 Å². The number of halogens is 3. The van der Waals surface area contributed by atoms with Crippen LogP contribution in [0, 0.1) is 17.8 Å². The summed E-state index contributed by atoms with van der Waals surface area (Å²) in [6.07, 6.45) is -2.37. The first-order valence-corrected chi connectivity index (χ1v) is 7.38. The molecule has 0 spiro atoms. The highest BCUT2D eigenvalue weighted by molar-refractivity contribution is 5.97. The van der Waals surface area contributed by atoms with Gasteiger partial charge in [-0.05, 0) is 25.2 Å². The predicted octanol–water partition coefficient (Wildman–Crippen LogP) is 0.354. The summed E-state index contributed by atoms with van der Waals surface area (Å²) in [6.45, 7) is -0.193. The van der Waals surface area contributed by atoms with E-state index < -0.39 is 17.5 Å². The summed E-state index contributed by atoms with van der Waals surface area (Å²) >= 11 is 0. The topological polar surface area (TPSA) is 99.8 Å². The van der Waals surface area contributed by atoms with E-state index in [0.717, 1.165) is 12.8 Å². The monoisotopic (exact) mass is 329 g/mol. The predicted molar refractivity (Wildman–Crippen MR) is 68.4 cm³/mol. The van der Waals surface area contributed by atoms with E-state index in [4.69, 9.17) is 0 Å². The molecule has 7 nitrogen and oxygen atoms in total. The van der Waals surface area contributed by atoms with Gasteiger partial charge in [0, 0.05) is 11.8 Å². The Labute approximate surface area is 128 Å². The number of carbonyl (C=O) groups is 2. The number of carbonyl (C=O) groups excluding carboxylic acids is 2. The minimum absolute atomic E-state index is 0.0135. The highest BCUT2D eigenvalue weighted by Crippen LogP contribution is 2.57. The van der Waals surface area contributed by atoms with Crippen LogP contribution in [0.2, 0.25) is 0 Å². The van der Waals surface area contributed by atoms with Crippen LogP contribution < -0.4 is 10.6 Å². The summed E-state index contributed by atoms with van der Waals surface area (Å²) in [5.74, 6) is -1.56. The molecule has 23 heavy (non-hydrogen) atoms. The van der Waals surface area contributed by atoms with Crippen LogP contribution in [0.25, 0.3) is 0 Å². The number of nitrogens with zero attached hydrogens (tertiary/aromatic N) is 2. The maximum Gasteiger partial charge on any atom is 0.453 e. The molecule has 2 amide bonds. The van der Waals surface area contributed by atoms with Crippen LogP contribution in [0.15, 0.2) is 0 Å². The van der Waals surface area contributed by atoms with Gasteiger partial charge in [-0.15, -0.1) is 5.10 Å². The molecule has 3 aliphatic rings.